The van der Waals surface area contributed by atoms with Crippen molar-refractivity contribution in [3.8, 4) is 0 Å². The Balaban J connectivity index is 2.14. The molecular formula is C10H18O3S. The number of hydrogen-bond acceptors (Lipinski definition) is 3. The highest BCUT2D eigenvalue weighted by molar-refractivity contribution is 7.86. The minimum absolute atomic E-state index is 0.333. The molecule has 82 valence electrons. The summed E-state index contributed by atoms with van der Waals surface area (Å²) >= 11 is 0. The SMILES string of the molecule is CS(=O)(=O)OC12CCCC(CC1)CC2. The maximum Gasteiger partial charge on any atom is 0.264 e. The van der Waals surface area contributed by atoms with Crippen molar-refractivity contribution < 1.29 is 12.6 Å². The third-order valence-electron chi connectivity index (χ3n) is 3.59. The van der Waals surface area contributed by atoms with Crippen LogP contribution in [0.15, 0.2) is 0 Å². The average molecular weight is 218 g/mol. The second kappa shape index (κ2) is 3.49. The van der Waals surface area contributed by atoms with Crippen molar-refractivity contribution in [1.29, 1.82) is 0 Å². The highest BCUT2D eigenvalue weighted by atomic mass is 32.2. The van der Waals surface area contributed by atoms with E-state index in [9.17, 15) is 8.42 Å². The lowest BCUT2D eigenvalue weighted by molar-refractivity contribution is 0.0316. The fourth-order valence-corrected chi connectivity index (χ4v) is 3.79. The van der Waals surface area contributed by atoms with Crippen LogP contribution in [0.3, 0.4) is 0 Å². The van der Waals surface area contributed by atoms with Crippen LogP contribution in [0.2, 0.25) is 0 Å². The van der Waals surface area contributed by atoms with Gasteiger partial charge in [0, 0.05) is 0 Å². The van der Waals surface area contributed by atoms with Crippen molar-refractivity contribution >= 4 is 10.1 Å². The Morgan fingerprint density at radius 2 is 1.79 bits per heavy atom. The van der Waals surface area contributed by atoms with Crippen LogP contribution in [0.4, 0.5) is 0 Å². The normalized spacial score (nSPS) is 38.2. The number of rotatable bonds is 2. The Morgan fingerprint density at radius 3 is 2.36 bits per heavy atom. The molecule has 3 fully saturated rings. The molecule has 4 heteroatoms. The summed E-state index contributed by atoms with van der Waals surface area (Å²) in [6, 6.07) is 0. The summed E-state index contributed by atoms with van der Waals surface area (Å²) in [6.07, 6.45) is 8.64. The smallest absolute Gasteiger partial charge is 0.264 e. The van der Waals surface area contributed by atoms with Crippen molar-refractivity contribution in [1.82, 2.24) is 0 Å². The van der Waals surface area contributed by atoms with E-state index in [0.717, 1.165) is 44.4 Å². The molecule has 3 aliphatic carbocycles. The molecule has 0 radical (unpaired) electrons. The molecule has 0 aromatic carbocycles. The molecule has 0 spiro atoms. The number of fused-ring (bicyclic) bond motifs is 4. The summed E-state index contributed by atoms with van der Waals surface area (Å²) in [5.41, 5.74) is -0.333. The molecule has 0 N–H and O–H groups in total. The van der Waals surface area contributed by atoms with Crippen molar-refractivity contribution in [2.45, 2.75) is 50.5 Å². The predicted octanol–water partition coefficient (Wildman–Crippen LogP) is 2.08. The Hall–Kier alpha value is -0.0900. The van der Waals surface area contributed by atoms with Crippen molar-refractivity contribution in [2.24, 2.45) is 5.92 Å². The van der Waals surface area contributed by atoms with E-state index in [0.29, 0.717) is 0 Å². The standard InChI is InChI=1S/C10H18O3S/c1-14(11,12)13-10-6-2-3-9(4-7-10)5-8-10/h9H,2-8H2,1H3. The molecule has 0 aromatic rings. The molecule has 14 heavy (non-hydrogen) atoms. The zero-order valence-corrected chi connectivity index (χ0v) is 9.48. The highest BCUT2D eigenvalue weighted by Crippen LogP contribution is 2.44. The monoisotopic (exact) mass is 218 g/mol. The minimum Gasteiger partial charge on any atom is -0.264 e. The second-order valence-electron chi connectivity index (χ2n) is 4.81. The van der Waals surface area contributed by atoms with Crippen LogP contribution in [-0.2, 0) is 14.3 Å². The van der Waals surface area contributed by atoms with E-state index in [1.807, 2.05) is 0 Å². The van der Waals surface area contributed by atoms with Crippen LogP contribution in [0.1, 0.15) is 44.9 Å². The van der Waals surface area contributed by atoms with Crippen molar-refractivity contribution in [3.05, 3.63) is 0 Å². The topological polar surface area (TPSA) is 43.4 Å². The maximum atomic E-state index is 11.2. The highest BCUT2D eigenvalue weighted by Gasteiger charge is 2.41. The van der Waals surface area contributed by atoms with E-state index in [4.69, 9.17) is 4.18 Å². The molecular weight excluding hydrogens is 200 g/mol. The molecule has 0 unspecified atom stereocenters. The van der Waals surface area contributed by atoms with Crippen LogP contribution in [0.25, 0.3) is 0 Å². The van der Waals surface area contributed by atoms with Gasteiger partial charge in [0.25, 0.3) is 10.1 Å². The van der Waals surface area contributed by atoms with E-state index in [1.54, 1.807) is 0 Å². The zero-order valence-electron chi connectivity index (χ0n) is 8.66. The first-order valence-electron chi connectivity index (χ1n) is 5.40. The summed E-state index contributed by atoms with van der Waals surface area (Å²) in [4.78, 5) is 0. The van der Waals surface area contributed by atoms with Crippen molar-refractivity contribution in [3.63, 3.8) is 0 Å². The van der Waals surface area contributed by atoms with Gasteiger partial charge < -0.3 is 0 Å². The minimum atomic E-state index is -3.29. The lowest BCUT2D eigenvalue weighted by Crippen LogP contribution is -2.36. The van der Waals surface area contributed by atoms with E-state index in [2.05, 4.69) is 0 Å². The molecule has 3 rings (SSSR count). The van der Waals surface area contributed by atoms with Gasteiger partial charge in [-0.2, -0.15) is 8.42 Å². The first-order valence-corrected chi connectivity index (χ1v) is 7.21. The Bertz CT molecular complexity index is 294. The van der Waals surface area contributed by atoms with E-state index >= 15 is 0 Å². The summed E-state index contributed by atoms with van der Waals surface area (Å²) in [7, 11) is -3.29. The average Bonchev–Trinajstić information content (AvgIpc) is 2.33. The Labute approximate surface area is 86.0 Å². The molecule has 0 saturated heterocycles. The Kier molecular flexibility index (Phi) is 2.60. The molecule has 3 aliphatic rings. The summed E-state index contributed by atoms with van der Waals surface area (Å²) in [5.74, 6) is 0.828. The quantitative estimate of drug-likeness (QED) is 0.666. The molecule has 0 aromatic heterocycles. The molecule has 3 saturated carbocycles. The molecule has 2 bridgehead atoms. The van der Waals surface area contributed by atoms with E-state index in [-0.39, 0.29) is 5.60 Å². The van der Waals surface area contributed by atoms with Gasteiger partial charge in [-0.25, -0.2) is 0 Å². The van der Waals surface area contributed by atoms with Gasteiger partial charge in [-0.15, -0.1) is 0 Å². The van der Waals surface area contributed by atoms with Crippen LogP contribution >= 0.6 is 0 Å². The zero-order chi connectivity index (χ0) is 10.2. The summed E-state index contributed by atoms with van der Waals surface area (Å²) in [6.45, 7) is 0. The van der Waals surface area contributed by atoms with Crippen LogP contribution in [-0.4, -0.2) is 20.3 Å². The Morgan fingerprint density at radius 1 is 1.14 bits per heavy atom. The number of hydrogen-bond donors (Lipinski definition) is 0. The lowest BCUT2D eigenvalue weighted by atomic mass is 9.81. The second-order valence-corrected chi connectivity index (χ2v) is 6.38. The molecule has 0 heterocycles. The van der Waals surface area contributed by atoms with Gasteiger partial charge in [0.05, 0.1) is 11.9 Å². The van der Waals surface area contributed by atoms with Gasteiger partial charge in [0.15, 0.2) is 0 Å². The van der Waals surface area contributed by atoms with Crippen LogP contribution < -0.4 is 0 Å². The maximum absolute atomic E-state index is 11.2. The predicted molar refractivity (Wildman–Crippen MR) is 54.5 cm³/mol. The van der Waals surface area contributed by atoms with Gasteiger partial charge in [-0.1, -0.05) is 12.8 Å². The van der Waals surface area contributed by atoms with Gasteiger partial charge in [-0.3, -0.25) is 4.18 Å². The van der Waals surface area contributed by atoms with Crippen LogP contribution in [0.5, 0.6) is 0 Å². The molecule has 0 atom stereocenters. The van der Waals surface area contributed by atoms with Gasteiger partial charge in [-0.05, 0) is 38.0 Å². The van der Waals surface area contributed by atoms with Gasteiger partial charge >= 0.3 is 0 Å². The third kappa shape index (κ3) is 2.28. The lowest BCUT2D eigenvalue weighted by Gasteiger charge is -2.35. The summed E-state index contributed by atoms with van der Waals surface area (Å²) < 4.78 is 27.6. The summed E-state index contributed by atoms with van der Waals surface area (Å²) in [5, 5.41) is 0. The van der Waals surface area contributed by atoms with E-state index < -0.39 is 10.1 Å². The molecule has 0 aliphatic heterocycles. The first kappa shape index (κ1) is 10.4. The van der Waals surface area contributed by atoms with E-state index in [1.165, 1.54) is 12.7 Å². The largest absolute Gasteiger partial charge is 0.264 e. The first-order chi connectivity index (χ1) is 6.49. The molecule has 3 nitrogen and oxygen atoms in total. The fourth-order valence-electron chi connectivity index (χ4n) is 2.90. The van der Waals surface area contributed by atoms with Gasteiger partial charge in [0.1, 0.15) is 0 Å². The fraction of sp³-hybridized carbons (Fsp3) is 1.00. The third-order valence-corrected chi connectivity index (χ3v) is 4.25. The van der Waals surface area contributed by atoms with Gasteiger partial charge in [0.2, 0.25) is 0 Å². The molecule has 0 amide bonds. The van der Waals surface area contributed by atoms with Crippen molar-refractivity contribution in [2.75, 3.05) is 6.26 Å². The van der Waals surface area contributed by atoms with Crippen LogP contribution in [0, 0.1) is 5.92 Å².